The summed E-state index contributed by atoms with van der Waals surface area (Å²) in [6, 6.07) is 6.30. The number of nitrogens with one attached hydrogen (secondary N) is 1. The molecule has 1 aliphatic rings. The molecule has 0 aliphatic heterocycles. The summed E-state index contributed by atoms with van der Waals surface area (Å²) < 4.78 is 1.64. The second kappa shape index (κ2) is 4.88. The third-order valence-electron chi connectivity index (χ3n) is 3.62. The van der Waals surface area contributed by atoms with Crippen molar-refractivity contribution in [3.63, 3.8) is 0 Å². The maximum Gasteiger partial charge on any atom is 0.293 e. The van der Waals surface area contributed by atoms with Crippen molar-refractivity contribution in [1.82, 2.24) is 9.55 Å². The van der Waals surface area contributed by atoms with Crippen molar-refractivity contribution in [1.29, 1.82) is 0 Å². The predicted octanol–water partition coefficient (Wildman–Crippen LogP) is 2.50. The maximum absolute atomic E-state index is 12.1. The zero-order valence-corrected chi connectivity index (χ0v) is 11.0. The molecular formula is C15H17N3O. The number of nitrogens with zero attached hydrogens (tertiary/aromatic N) is 2. The number of hydrogen-bond acceptors (Lipinski definition) is 3. The Morgan fingerprint density at radius 3 is 3.00 bits per heavy atom. The zero-order valence-electron chi connectivity index (χ0n) is 11.0. The fraction of sp³-hybridized carbons (Fsp3) is 0.333. The van der Waals surface area contributed by atoms with Gasteiger partial charge in [0.15, 0.2) is 5.82 Å². The van der Waals surface area contributed by atoms with E-state index >= 15 is 0 Å². The molecule has 0 atom stereocenters. The molecule has 0 saturated heterocycles. The first-order valence-electron chi connectivity index (χ1n) is 6.72. The van der Waals surface area contributed by atoms with Crippen LogP contribution in [0.4, 0.5) is 11.5 Å². The van der Waals surface area contributed by atoms with Crippen molar-refractivity contribution in [2.24, 2.45) is 0 Å². The van der Waals surface area contributed by atoms with Crippen LogP contribution in [0.1, 0.15) is 24.5 Å². The molecule has 0 amide bonds. The summed E-state index contributed by atoms with van der Waals surface area (Å²) in [6.07, 6.45) is 6.88. The van der Waals surface area contributed by atoms with E-state index in [-0.39, 0.29) is 5.56 Å². The molecular weight excluding hydrogens is 238 g/mol. The Morgan fingerprint density at radius 2 is 2.16 bits per heavy atom. The minimum absolute atomic E-state index is 0.0782. The highest BCUT2D eigenvalue weighted by atomic mass is 16.1. The van der Waals surface area contributed by atoms with Gasteiger partial charge in [-0.2, -0.15) is 0 Å². The van der Waals surface area contributed by atoms with E-state index in [4.69, 9.17) is 0 Å². The highest BCUT2D eigenvalue weighted by Crippen LogP contribution is 2.25. The number of rotatable bonds is 3. The largest absolute Gasteiger partial charge is 0.336 e. The number of aromatic nitrogens is 2. The van der Waals surface area contributed by atoms with Crippen LogP contribution >= 0.6 is 0 Å². The minimum Gasteiger partial charge on any atom is -0.336 e. The lowest BCUT2D eigenvalue weighted by Gasteiger charge is -2.09. The highest BCUT2D eigenvalue weighted by molar-refractivity contribution is 5.58. The lowest BCUT2D eigenvalue weighted by Crippen LogP contribution is -2.22. The van der Waals surface area contributed by atoms with Crippen LogP contribution < -0.4 is 10.9 Å². The van der Waals surface area contributed by atoms with Crippen LogP contribution in [0.25, 0.3) is 0 Å². The summed E-state index contributed by atoms with van der Waals surface area (Å²) >= 11 is 0. The summed E-state index contributed by atoms with van der Waals surface area (Å²) in [7, 11) is 0. The molecule has 0 unspecified atom stereocenters. The first kappa shape index (κ1) is 12.0. The van der Waals surface area contributed by atoms with Gasteiger partial charge in [0, 0.05) is 24.6 Å². The Kier molecular flexibility index (Phi) is 3.07. The molecule has 0 radical (unpaired) electrons. The van der Waals surface area contributed by atoms with Crippen LogP contribution in [-0.2, 0) is 19.4 Å². The van der Waals surface area contributed by atoms with Gasteiger partial charge in [0.25, 0.3) is 5.56 Å². The van der Waals surface area contributed by atoms with Gasteiger partial charge < -0.3 is 9.88 Å². The number of anilines is 2. The molecule has 3 rings (SSSR count). The van der Waals surface area contributed by atoms with E-state index in [2.05, 4.69) is 22.4 Å². The van der Waals surface area contributed by atoms with Crippen molar-refractivity contribution in [2.45, 2.75) is 32.7 Å². The monoisotopic (exact) mass is 255 g/mol. The Hall–Kier alpha value is -2.10. The van der Waals surface area contributed by atoms with E-state index in [1.54, 1.807) is 17.0 Å². The molecule has 4 nitrogen and oxygen atoms in total. The van der Waals surface area contributed by atoms with Gasteiger partial charge in [0.2, 0.25) is 0 Å². The van der Waals surface area contributed by atoms with E-state index in [0.29, 0.717) is 12.4 Å². The van der Waals surface area contributed by atoms with E-state index in [0.717, 1.165) is 12.1 Å². The van der Waals surface area contributed by atoms with Crippen molar-refractivity contribution < 1.29 is 0 Å². The lowest BCUT2D eigenvalue weighted by atomic mass is 10.1. The van der Waals surface area contributed by atoms with Gasteiger partial charge in [-0.3, -0.25) is 4.79 Å². The van der Waals surface area contributed by atoms with Gasteiger partial charge in [-0.25, -0.2) is 4.98 Å². The smallest absolute Gasteiger partial charge is 0.293 e. The summed E-state index contributed by atoms with van der Waals surface area (Å²) in [5, 5.41) is 3.13. The van der Waals surface area contributed by atoms with Crippen molar-refractivity contribution in [2.75, 3.05) is 5.32 Å². The second-order valence-corrected chi connectivity index (χ2v) is 4.83. The van der Waals surface area contributed by atoms with Gasteiger partial charge in [-0.1, -0.05) is 6.07 Å². The van der Waals surface area contributed by atoms with E-state index in [1.165, 1.54) is 24.0 Å². The molecule has 0 fully saturated rings. The van der Waals surface area contributed by atoms with Crippen LogP contribution in [0.3, 0.4) is 0 Å². The van der Waals surface area contributed by atoms with Crippen LogP contribution in [0.15, 0.2) is 35.4 Å². The second-order valence-electron chi connectivity index (χ2n) is 4.83. The Bertz CT molecular complexity index is 661. The van der Waals surface area contributed by atoms with Crippen LogP contribution in [0.2, 0.25) is 0 Å². The first-order chi connectivity index (χ1) is 9.28. The summed E-state index contributed by atoms with van der Waals surface area (Å²) in [5.74, 6) is 0.391. The molecule has 1 aromatic carbocycles. The molecule has 1 aromatic heterocycles. The van der Waals surface area contributed by atoms with Gasteiger partial charge >= 0.3 is 0 Å². The van der Waals surface area contributed by atoms with Gasteiger partial charge in [0.1, 0.15) is 0 Å². The van der Waals surface area contributed by atoms with Gasteiger partial charge in [-0.05, 0) is 49.4 Å². The molecule has 2 aromatic rings. The summed E-state index contributed by atoms with van der Waals surface area (Å²) in [5.41, 5.74) is 3.68. The lowest BCUT2D eigenvalue weighted by molar-refractivity contribution is 0.720. The van der Waals surface area contributed by atoms with Gasteiger partial charge in [0.05, 0.1) is 0 Å². The van der Waals surface area contributed by atoms with E-state index < -0.39 is 0 Å². The third-order valence-corrected chi connectivity index (χ3v) is 3.62. The van der Waals surface area contributed by atoms with E-state index in [1.807, 2.05) is 13.0 Å². The minimum atomic E-state index is -0.0782. The quantitative estimate of drug-likeness (QED) is 0.916. The summed E-state index contributed by atoms with van der Waals surface area (Å²) in [6.45, 7) is 2.60. The van der Waals surface area contributed by atoms with Crippen molar-refractivity contribution in [3.05, 3.63) is 52.1 Å². The predicted molar refractivity (Wildman–Crippen MR) is 75.9 cm³/mol. The summed E-state index contributed by atoms with van der Waals surface area (Å²) in [4.78, 5) is 16.2. The van der Waals surface area contributed by atoms with Crippen molar-refractivity contribution in [3.8, 4) is 0 Å². The third kappa shape index (κ3) is 2.26. The first-order valence-corrected chi connectivity index (χ1v) is 6.72. The standard InChI is InChI=1S/C15H17N3O/c1-2-18-9-8-16-14(15(18)19)17-13-7-6-11-4-3-5-12(11)10-13/h6-10H,2-5H2,1H3,(H,16,17). The van der Waals surface area contributed by atoms with Crippen LogP contribution in [0.5, 0.6) is 0 Å². The number of aryl methyl sites for hydroxylation is 3. The normalized spacial score (nSPS) is 13.3. The molecule has 0 bridgehead atoms. The molecule has 19 heavy (non-hydrogen) atoms. The Labute approximate surface area is 112 Å². The SMILES string of the molecule is CCn1ccnc(Nc2ccc3c(c2)CCC3)c1=O. The number of fused-ring (bicyclic) bond motifs is 1. The topological polar surface area (TPSA) is 46.9 Å². The van der Waals surface area contributed by atoms with Gasteiger partial charge in [-0.15, -0.1) is 0 Å². The molecule has 0 saturated carbocycles. The average Bonchev–Trinajstić information content (AvgIpc) is 2.88. The Balaban J connectivity index is 1.91. The molecule has 4 heteroatoms. The molecule has 0 spiro atoms. The average molecular weight is 255 g/mol. The number of benzene rings is 1. The van der Waals surface area contributed by atoms with Crippen molar-refractivity contribution >= 4 is 11.5 Å². The molecule has 1 N–H and O–H groups in total. The number of hydrogen-bond donors (Lipinski definition) is 1. The molecule has 98 valence electrons. The van der Waals surface area contributed by atoms with Crippen LogP contribution in [-0.4, -0.2) is 9.55 Å². The molecule has 1 heterocycles. The van der Waals surface area contributed by atoms with E-state index in [9.17, 15) is 4.79 Å². The fourth-order valence-corrected chi connectivity index (χ4v) is 2.57. The fourth-order valence-electron chi connectivity index (χ4n) is 2.57. The highest BCUT2D eigenvalue weighted by Gasteiger charge is 2.11. The maximum atomic E-state index is 12.1. The molecule has 1 aliphatic carbocycles. The zero-order chi connectivity index (χ0) is 13.2. The Morgan fingerprint density at radius 1 is 1.32 bits per heavy atom. The van der Waals surface area contributed by atoms with Crippen LogP contribution in [0, 0.1) is 0 Å².